The van der Waals surface area contributed by atoms with E-state index < -0.39 is 11.8 Å². The van der Waals surface area contributed by atoms with Gasteiger partial charge in [-0.1, -0.05) is 13.3 Å². The van der Waals surface area contributed by atoms with Crippen molar-refractivity contribution in [3.05, 3.63) is 0 Å². The van der Waals surface area contributed by atoms with Gasteiger partial charge in [-0.15, -0.1) is 0 Å². The third-order valence-electron chi connectivity index (χ3n) is 4.67. The SMILES string of the molecule is CCC12CCC(C(F)F)(CC1)CC2. The van der Waals surface area contributed by atoms with Crippen LogP contribution < -0.4 is 0 Å². The number of alkyl halides is 2. The zero-order chi connectivity index (χ0) is 9.53. The average Bonchev–Trinajstić information content (AvgIpc) is 2.20. The quantitative estimate of drug-likeness (QED) is 0.614. The lowest BCUT2D eigenvalue weighted by molar-refractivity contribution is -0.106. The lowest BCUT2D eigenvalue weighted by Crippen LogP contribution is -2.44. The highest BCUT2D eigenvalue weighted by Crippen LogP contribution is 2.60. The van der Waals surface area contributed by atoms with Crippen molar-refractivity contribution in [1.29, 1.82) is 0 Å². The van der Waals surface area contributed by atoms with Crippen LogP contribution in [0.5, 0.6) is 0 Å². The molecular formula is C11H18F2. The fourth-order valence-corrected chi connectivity index (χ4v) is 3.15. The summed E-state index contributed by atoms with van der Waals surface area (Å²) in [5, 5.41) is 0. The molecule has 2 heteroatoms. The van der Waals surface area contributed by atoms with Crippen LogP contribution in [-0.2, 0) is 0 Å². The molecule has 0 unspecified atom stereocenters. The third-order valence-corrected chi connectivity index (χ3v) is 4.67. The molecule has 76 valence electrons. The molecule has 0 aromatic heterocycles. The van der Waals surface area contributed by atoms with Crippen molar-refractivity contribution in [3.8, 4) is 0 Å². The molecule has 3 aliphatic rings. The Balaban J connectivity index is 2.11. The van der Waals surface area contributed by atoms with Gasteiger partial charge in [-0.2, -0.15) is 0 Å². The maximum Gasteiger partial charge on any atom is 0.244 e. The van der Waals surface area contributed by atoms with Gasteiger partial charge >= 0.3 is 0 Å². The lowest BCUT2D eigenvalue weighted by Gasteiger charge is -2.53. The van der Waals surface area contributed by atoms with Crippen molar-refractivity contribution in [2.24, 2.45) is 10.8 Å². The molecule has 0 amide bonds. The van der Waals surface area contributed by atoms with Crippen LogP contribution in [0.2, 0.25) is 0 Å². The second kappa shape index (κ2) is 2.93. The van der Waals surface area contributed by atoms with Gasteiger partial charge in [0, 0.05) is 5.41 Å². The highest BCUT2D eigenvalue weighted by Gasteiger charge is 2.51. The van der Waals surface area contributed by atoms with E-state index in [0.29, 0.717) is 5.41 Å². The molecule has 0 spiro atoms. The number of rotatable bonds is 2. The molecule has 0 radical (unpaired) electrons. The van der Waals surface area contributed by atoms with E-state index in [1.165, 1.54) is 6.42 Å². The van der Waals surface area contributed by atoms with E-state index in [1.54, 1.807) is 0 Å². The fraction of sp³-hybridized carbons (Fsp3) is 1.00. The van der Waals surface area contributed by atoms with Crippen LogP contribution in [0.4, 0.5) is 8.78 Å². The molecule has 0 aromatic carbocycles. The molecule has 3 aliphatic carbocycles. The molecule has 0 heterocycles. The minimum atomic E-state index is -2.08. The zero-order valence-electron chi connectivity index (χ0n) is 8.28. The van der Waals surface area contributed by atoms with Gasteiger partial charge in [-0.3, -0.25) is 0 Å². The highest BCUT2D eigenvalue weighted by molar-refractivity contribution is 4.99. The van der Waals surface area contributed by atoms with Crippen LogP contribution in [0.1, 0.15) is 51.9 Å². The summed E-state index contributed by atoms with van der Waals surface area (Å²) in [6, 6.07) is 0. The summed E-state index contributed by atoms with van der Waals surface area (Å²) >= 11 is 0. The van der Waals surface area contributed by atoms with Crippen LogP contribution in [-0.4, -0.2) is 6.43 Å². The molecule has 0 atom stereocenters. The van der Waals surface area contributed by atoms with Crippen molar-refractivity contribution >= 4 is 0 Å². The summed E-state index contributed by atoms with van der Waals surface area (Å²) in [6.07, 6.45) is 4.58. The average molecular weight is 188 g/mol. The number of hydrogen-bond donors (Lipinski definition) is 0. The van der Waals surface area contributed by atoms with Gasteiger partial charge in [0.1, 0.15) is 0 Å². The van der Waals surface area contributed by atoms with Gasteiger partial charge in [0.15, 0.2) is 0 Å². The fourth-order valence-electron chi connectivity index (χ4n) is 3.15. The summed E-state index contributed by atoms with van der Waals surface area (Å²) in [5.41, 5.74) is -0.117. The second-order valence-electron chi connectivity index (χ2n) is 5.02. The summed E-state index contributed by atoms with van der Waals surface area (Å²) in [4.78, 5) is 0. The maximum absolute atomic E-state index is 12.8. The molecule has 3 saturated carbocycles. The first-order chi connectivity index (χ1) is 6.13. The summed E-state index contributed by atoms with van der Waals surface area (Å²) in [5.74, 6) is 0. The van der Waals surface area contributed by atoms with E-state index in [9.17, 15) is 8.78 Å². The number of hydrogen-bond acceptors (Lipinski definition) is 0. The van der Waals surface area contributed by atoms with Gasteiger partial charge < -0.3 is 0 Å². The Bertz CT molecular complexity index is 174. The normalized spacial score (nSPS) is 44.3. The minimum absolute atomic E-state index is 0.455. The molecule has 0 aliphatic heterocycles. The first kappa shape index (κ1) is 9.42. The van der Waals surface area contributed by atoms with Gasteiger partial charge in [0.2, 0.25) is 6.43 Å². The minimum Gasteiger partial charge on any atom is -0.210 e. The van der Waals surface area contributed by atoms with Gasteiger partial charge in [0.25, 0.3) is 0 Å². The van der Waals surface area contributed by atoms with Crippen LogP contribution in [0.15, 0.2) is 0 Å². The van der Waals surface area contributed by atoms with Crippen molar-refractivity contribution < 1.29 is 8.78 Å². The molecule has 0 nitrogen and oxygen atoms in total. The van der Waals surface area contributed by atoms with Gasteiger partial charge in [0.05, 0.1) is 0 Å². The molecule has 3 fully saturated rings. The van der Waals surface area contributed by atoms with Gasteiger partial charge in [-0.05, 0) is 43.9 Å². The molecule has 0 aromatic rings. The standard InChI is InChI=1S/C11H18F2/c1-2-10-3-6-11(7-4-10,8-5-10)9(12)13/h9H,2-8H2,1H3. The number of halogens is 2. The second-order valence-corrected chi connectivity index (χ2v) is 5.02. The third kappa shape index (κ3) is 1.29. The van der Waals surface area contributed by atoms with Crippen molar-refractivity contribution in [1.82, 2.24) is 0 Å². The molecule has 13 heavy (non-hydrogen) atoms. The Kier molecular flexibility index (Phi) is 2.12. The van der Waals surface area contributed by atoms with Crippen molar-refractivity contribution in [2.75, 3.05) is 0 Å². The molecular weight excluding hydrogens is 170 g/mol. The van der Waals surface area contributed by atoms with E-state index in [0.717, 1.165) is 38.5 Å². The van der Waals surface area contributed by atoms with E-state index in [-0.39, 0.29) is 0 Å². The van der Waals surface area contributed by atoms with E-state index in [1.807, 2.05) is 0 Å². The van der Waals surface area contributed by atoms with E-state index in [4.69, 9.17) is 0 Å². The monoisotopic (exact) mass is 188 g/mol. The lowest BCUT2D eigenvalue weighted by atomic mass is 9.53. The Morgan fingerprint density at radius 1 is 1.00 bits per heavy atom. The molecule has 3 rings (SSSR count). The van der Waals surface area contributed by atoms with Crippen molar-refractivity contribution in [3.63, 3.8) is 0 Å². The van der Waals surface area contributed by atoms with Crippen LogP contribution in [0.3, 0.4) is 0 Å². The summed E-state index contributed by atoms with van der Waals surface area (Å²) in [6.45, 7) is 2.21. The summed E-state index contributed by atoms with van der Waals surface area (Å²) < 4.78 is 25.7. The Hall–Kier alpha value is -0.140. The van der Waals surface area contributed by atoms with Crippen LogP contribution in [0, 0.1) is 10.8 Å². The topological polar surface area (TPSA) is 0 Å². The Morgan fingerprint density at radius 3 is 1.77 bits per heavy atom. The smallest absolute Gasteiger partial charge is 0.210 e. The molecule has 2 bridgehead atoms. The van der Waals surface area contributed by atoms with E-state index >= 15 is 0 Å². The largest absolute Gasteiger partial charge is 0.244 e. The predicted octanol–water partition coefficient (Wildman–Crippen LogP) is 4.00. The summed E-state index contributed by atoms with van der Waals surface area (Å²) in [7, 11) is 0. The first-order valence-corrected chi connectivity index (χ1v) is 5.41. The number of fused-ring (bicyclic) bond motifs is 3. The molecule has 0 saturated heterocycles. The Labute approximate surface area is 78.7 Å². The van der Waals surface area contributed by atoms with E-state index in [2.05, 4.69) is 6.92 Å². The molecule has 0 N–H and O–H groups in total. The predicted molar refractivity (Wildman–Crippen MR) is 48.9 cm³/mol. The highest BCUT2D eigenvalue weighted by atomic mass is 19.3. The van der Waals surface area contributed by atoms with Gasteiger partial charge in [-0.25, -0.2) is 8.78 Å². The maximum atomic E-state index is 12.8. The Morgan fingerprint density at radius 2 is 1.46 bits per heavy atom. The van der Waals surface area contributed by atoms with Crippen LogP contribution >= 0.6 is 0 Å². The zero-order valence-corrected chi connectivity index (χ0v) is 8.28. The van der Waals surface area contributed by atoms with Crippen LogP contribution in [0.25, 0.3) is 0 Å². The van der Waals surface area contributed by atoms with Crippen molar-refractivity contribution in [2.45, 2.75) is 58.3 Å². The first-order valence-electron chi connectivity index (χ1n) is 5.41.